The topological polar surface area (TPSA) is 52.3 Å². The Morgan fingerprint density at radius 2 is 2.05 bits per heavy atom. The number of benzene rings is 1. The average Bonchev–Trinajstić information content (AvgIpc) is 2.81. The quantitative estimate of drug-likeness (QED) is 0.866. The highest BCUT2D eigenvalue weighted by atomic mass is 32.1. The maximum Gasteiger partial charge on any atom is 0.341 e. The predicted molar refractivity (Wildman–Crippen MR) is 78.6 cm³/mol. The summed E-state index contributed by atoms with van der Waals surface area (Å²) >= 11 is 1.45. The first-order valence-corrected chi connectivity index (χ1v) is 7.06. The zero-order valence-corrected chi connectivity index (χ0v) is 11.9. The third kappa shape index (κ3) is 2.96. The lowest BCUT2D eigenvalue weighted by atomic mass is 9.99. The molecular formula is C15H17NO2S. The lowest BCUT2D eigenvalue weighted by molar-refractivity contribution is 0.0528. The summed E-state index contributed by atoms with van der Waals surface area (Å²) in [6, 6.07) is 12.0. The van der Waals surface area contributed by atoms with Gasteiger partial charge in [-0.1, -0.05) is 37.3 Å². The van der Waals surface area contributed by atoms with Gasteiger partial charge in [0.2, 0.25) is 0 Å². The molecule has 3 nitrogen and oxygen atoms in total. The second-order valence-corrected chi connectivity index (χ2v) is 5.39. The third-order valence-corrected chi connectivity index (χ3v) is 4.15. The minimum Gasteiger partial charge on any atom is -0.462 e. The van der Waals surface area contributed by atoms with Crippen LogP contribution in [0.2, 0.25) is 0 Å². The predicted octanol–water partition coefficient (Wildman–Crippen LogP) is 3.66. The summed E-state index contributed by atoms with van der Waals surface area (Å²) in [5.41, 5.74) is 7.59. The number of esters is 1. The first kappa shape index (κ1) is 13.6. The average molecular weight is 275 g/mol. The largest absolute Gasteiger partial charge is 0.462 e. The van der Waals surface area contributed by atoms with E-state index in [4.69, 9.17) is 10.5 Å². The van der Waals surface area contributed by atoms with Crippen LogP contribution in [0.1, 0.15) is 40.6 Å². The Labute approximate surface area is 117 Å². The Morgan fingerprint density at radius 1 is 1.37 bits per heavy atom. The number of nitrogen functional groups attached to an aromatic ring is 1. The van der Waals surface area contributed by atoms with Crippen molar-refractivity contribution in [2.24, 2.45) is 0 Å². The van der Waals surface area contributed by atoms with Crippen LogP contribution in [0, 0.1) is 0 Å². The van der Waals surface area contributed by atoms with E-state index in [1.165, 1.54) is 16.9 Å². The number of thiophene rings is 1. The van der Waals surface area contributed by atoms with Crippen molar-refractivity contribution >= 4 is 22.3 Å². The van der Waals surface area contributed by atoms with Crippen molar-refractivity contribution in [3.05, 3.63) is 52.4 Å². The molecule has 1 atom stereocenters. The Hall–Kier alpha value is -1.81. The maximum atomic E-state index is 11.7. The van der Waals surface area contributed by atoms with Crippen molar-refractivity contribution in [3.63, 3.8) is 0 Å². The molecule has 0 spiro atoms. The number of carbonyl (C=O) groups excluding carboxylic acids is 1. The third-order valence-electron chi connectivity index (χ3n) is 3.00. The molecule has 0 amide bonds. The summed E-state index contributed by atoms with van der Waals surface area (Å²) in [7, 11) is 0. The van der Waals surface area contributed by atoms with Crippen molar-refractivity contribution in [3.8, 4) is 0 Å². The smallest absolute Gasteiger partial charge is 0.341 e. The summed E-state index contributed by atoms with van der Waals surface area (Å²) in [4.78, 5) is 12.8. The van der Waals surface area contributed by atoms with Crippen LogP contribution in [0.5, 0.6) is 0 Å². The van der Waals surface area contributed by atoms with E-state index in [2.05, 4.69) is 19.1 Å². The van der Waals surface area contributed by atoms with Gasteiger partial charge in [-0.05, 0) is 18.6 Å². The Balaban J connectivity index is 2.27. The molecule has 100 valence electrons. The molecule has 2 aromatic rings. The minimum absolute atomic E-state index is 0.219. The fraction of sp³-hybridized carbons (Fsp3) is 0.267. The zero-order valence-electron chi connectivity index (χ0n) is 11.1. The second-order valence-electron chi connectivity index (χ2n) is 4.28. The van der Waals surface area contributed by atoms with Crippen LogP contribution in [0.15, 0.2) is 36.4 Å². The van der Waals surface area contributed by atoms with Crippen LogP contribution in [-0.4, -0.2) is 12.6 Å². The number of anilines is 1. The number of hydrogen-bond acceptors (Lipinski definition) is 4. The zero-order chi connectivity index (χ0) is 13.8. The Bertz CT molecular complexity index is 563. The highest BCUT2D eigenvalue weighted by molar-refractivity contribution is 7.16. The molecule has 1 unspecified atom stereocenters. The molecule has 0 bridgehead atoms. The Morgan fingerprint density at radius 3 is 2.68 bits per heavy atom. The maximum absolute atomic E-state index is 11.7. The molecule has 0 saturated carbocycles. The summed E-state index contributed by atoms with van der Waals surface area (Å²) in [5, 5.41) is 0.524. The van der Waals surface area contributed by atoms with E-state index in [0.29, 0.717) is 17.2 Å². The van der Waals surface area contributed by atoms with Gasteiger partial charge < -0.3 is 10.5 Å². The van der Waals surface area contributed by atoms with Gasteiger partial charge in [-0.3, -0.25) is 0 Å². The van der Waals surface area contributed by atoms with Gasteiger partial charge in [0.05, 0.1) is 12.2 Å². The first-order valence-electron chi connectivity index (χ1n) is 6.24. The van der Waals surface area contributed by atoms with Crippen molar-refractivity contribution in [2.75, 3.05) is 12.3 Å². The summed E-state index contributed by atoms with van der Waals surface area (Å²) in [6.07, 6.45) is 0. The van der Waals surface area contributed by atoms with Crippen LogP contribution in [0.25, 0.3) is 0 Å². The summed E-state index contributed by atoms with van der Waals surface area (Å²) in [5.74, 6) is -0.126. The van der Waals surface area contributed by atoms with Gasteiger partial charge in [0, 0.05) is 10.8 Å². The van der Waals surface area contributed by atoms with Gasteiger partial charge in [0.15, 0.2) is 0 Å². The number of rotatable bonds is 4. The SMILES string of the molecule is CCOC(=O)c1cc(C(C)c2ccccc2)sc1N. The first-order chi connectivity index (χ1) is 9.13. The van der Waals surface area contributed by atoms with Crippen LogP contribution in [-0.2, 0) is 4.74 Å². The lowest BCUT2D eigenvalue weighted by Crippen LogP contribution is -2.05. The molecule has 4 heteroatoms. The van der Waals surface area contributed by atoms with E-state index < -0.39 is 0 Å². The van der Waals surface area contributed by atoms with Gasteiger partial charge in [-0.25, -0.2) is 4.79 Å². The molecule has 1 aromatic heterocycles. The molecule has 0 radical (unpaired) electrons. The molecule has 0 aliphatic carbocycles. The van der Waals surface area contributed by atoms with Crippen LogP contribution < -0.4 is 5.73 Å². The minimum atomic E-state index is -0.345. The normalized spacial score (nSPS) is 12.1. The van der Waals surface area contributed by atoms with Crippen LogP contribution >= 0.6 is 11.3 Å². The highest BCUT2D eigenvalue weighted by Gasteiger charge is 2.18. The van der Waals surface area contributed by atoms with Gasteiger partial charge in [0.25, 0.3) is 0 Å². The van der Waals surface area contributed by atoms with Crippen LogP contribution in [0.3, 0.4) is 0 Å². The van der Waals surface area contributed by atoms with Gasteiger partial charge in [0.1, 0.15) is 5.00 Å². The van der Waals surface area contributed by atoms with E-state index in [1.807, 2.05) is 24.3 Å². The highest BCUT2D eigenvalue weighted by Crippen LogP contribution is 2.34. The molecule has 2 N–H and O–H groups in total. The number of ether oxygens (including phenoxy) is 1. The van der Waals surface area contributed by atoms with Gasteiger partial charge in [-0.15, -0.1) is 11.3 Å². The molecule has 19 heavy (non-hydrogen) atoms. The molecule has 1 heterocycles. The number of carbonyl (C=O) groups is 1. The van der Waals surface area contributed by atoms with Crippen LogP contribution in [0.4, 0.5) is 5.00 Å². The summed E-state index contributed by atoms with van der Waals surface area (Å²) in [6.45, 7) is 4.25. The van der Waals surface area contributed by atoms with Crippen molar-refractivity contribution in [1.82, 2.24) is 0 Å². The molecule has 1 aromatic carbocycles. The molecule has 0 aliphatic rings. The summed E-state index contributed by atoms with van der Waals surface area (Å²) < 4.78 is 5.00. The number of hydrogen-bond donors (Lipinski definition) is 1. The van der Waals surface area contributed by atoms with E-state index in [9.17, 15) is 4.79 Å². The van der Waals surface area contributed by atoms with Crippen molar-refractivity contribution in [1.29, 1.82) is 0 Å². The van der Waals surface area contributed by atoms with Crippen molar-refractivity contribution < 1.29 is 9.53 Å². The fourth-order valence-electron chi connectivity index (χ4n) is 1.91. The van der Waals surface area contributed by atoms with E-state index in [0.717, 1.165) is 4.88 Å². The molecule has 0 fully saturated rings. The monoisotopic (exact) mass is 275 g/mol. The molecule has 0 aliphatic heterocycles. The molecule has 0 saturated heterocycles. The van der Waals surface area contributed by atoms with Gasteiger partial charge in [-0.2, -0.15) is 0 Å². The fourth-order valence-corrected chi connectivity index (χ4v) is 2.91. The van der Waals surface area contributed by atoms with E-state index in [1.54, 1.807) is 6.92 Å². The van der Waals surface area contributed by atoms with E-state index in [-0.39, 0.29) is 11.9 Å². The second kappa shape index (κ2) is 5.89. The van der Waals surface area contributed by atoms with Gasteiger partial charge >= 0.3 is 5.97 Å². The molecular weight excluding hydrogens is 258 g/mol. The lowest BCUT2D eigenvalue weighted by Gasteiger charge is -2.08. The van der Waals surface area contributed by atoms with Crippen molar-refractivity contribution in [2.45, 2.75) is 19.8 Å². The molecule has 2 rings (SSSR count). The number of nitrogens with two attached hydrogens (primary N) is 1. The Kier molecular flexibility index (Phi) is 4.22. The standard InChI is InChI=1S/C15H17NO2S/c1-3-18-15(17)12-9-13(19-14(12)16)10(2)11-7-5-4-6-8-11/h4-10H,3,16H2,1-2H3. The van der Waals surface area contributed by atoms with E-state index >= 15 is 0 Å².